The lowest BCUT2D eigenvalue weighted by molar-refractivity contribution is -0.384. The van der Waals surface area contributed by atoms with Crippen LogP contribution in [-0.4, -0.2) is 19.1 Å². The molecule has 2 aromatic rings. The van der Waals surface area contributed by atoms with E-state index in [-0.39, 0.29) is 5.69 Å². The molecule has 0 heterocycles. The third-order valence-corrected chi connectivity index (χ3v) is 2.72. The van der Waals surface area contributed by atoms with Gasteiger partial charge in [0.2, 0.25) is 0 Å². The second-order valence-corrected chi connectivity index (χ2v) is 4.01. The lowest BCUT2D eigenvalue weighted by atomic mass is 10.3. The summed E-state index contributed by atoms with van der Waals surface area (Å²) in [4.78, 5) is 10.1. The van der Waals surface area contributed by atoms with Crippen LogP contribution in [0.15, 0.2) is 52.7 Å². The Labute approximate surface area is 121 Å². The molecule has 7 nitrogen and oxygen atoms in total. The zero-order valence-corrected chi connectivity index (χ0v) is 11.5. The Balaban J connectivity index is 2.25. The molecule has 21 heavy (non-hydrogen) atoms. The van der Waals surface area contributed by atoms with Gasteiger partial charge in [-0.15, -0.1) is 5.11 Å². The van der Waals surface area contributed by atoms with E-state index in [0.29, 0.717) is 22.9 Å². The lowest BCUT2D eigenvalue weighted by Gasteiger charge is -2.05. The average Bonchev–Trinajstić information content (AvgIpc) is 2.52. The van der Waals surface area contributed by atoms with Crippen LogP contribution in [-0.2, 0) is 0 Å². The molecule has 2 rings (SSSR count). The summed E-state index contributed by atoms with van der Waals surface area (Å²) in [6.07, 6.45) is 0. The molecule has 7 heteroatoms. The standard InChI is InChI=1S/C14H13N3O4/c1-20-12-7-8-14(21-2)13(9-12)16-15-10-3-5-11(6-4-10)17(18)19/h3-9H,1-2H3/b16-15+. The van der Waals surface area contributed by atoms with E-state index in [1.165, 1.54) is 31.4 Å². The topological polar surface area (TPSA) is 86.3 Å². The minimum Gasteiger partial charge on any atom is -0.497 e. The van der Waals surface area contributed by atoms with Crippen molar-refractivity contribution in [2.45, 2.75) is 0 Å². The van der Waals surface area contributed by atoms with Crippen molar-refractivity contribution < 1.29 is 14.4 Å². The predicted octanol–water partition coefficient (Wildman–Crippen LogP) is 4.03. The molecular formula is C14H13N3O4. The first-order valence-electron chi connectivity index (χ1n) is 6.02. The number of non-ortho nitro benzene ring substituents is 1. The van der Waals surface area contributed by atoms with E-state index in [9.17, 15) is 10.1 Å². The Bertz CT molecular complexity index is 668. The number of nitro groups is 1. The zero-order valence-electron chi connectivity index (χ0n) is 11.5. The fourth-order valence-corrected chi connectivity index (χ4v) is 1.63. The van der Waals surface area contributed by atoms with Gasteiger partial charge in [-0.1, -0.05) is 0 Å². The van der Waals surface area contributed by atoms with Crippen molar-refractivity contribution >= 4 is 17.1 Å². The van der Waals surface area contributed by atoms with Crippen LogP contribution in [0, 0.1) is 10.1 Å². The van der Waals surface area contributed by atoms with E-state index in [4.69, 9.17) is 9.47 Å². The van der Waals surface area contributed by atoms with E-state index < -0.39 is 4.92 Å². The number of hydrogen-bond acceptors (Lipinski definition) is 6. The van der Waals surface area contributed by atoms with Crippen molar-refractivity contribution in [2.75, 3.05) is 14.2 Å². The molecule has 0 radical (unpaired) electrons. The molecule has 0 aliphatic rings. The third kappa shape index (κ3) is 3.53. The molecule has 2 aromatic carbocycles. The van der Waals surface area contributed by atoms with E-state index >= 15 is 0 Å². The van der Waals surface area contributed by atoms with Gasteiger partial charge in [0, 0.05) is 18.2 Å². The van der Waals surface area contributed by atoms with E-state index in [1.807, 2.05) is 0 Å². The van der Waals surface area contributed by atoms with Crippen LogP contribution in [0.4, 0.5) is 17.1 Å². The normalized spacial score (nSPS) is 10.6. The molecule has 0 fully saturated rings. The first kappa shape index (κ1) is 14.4. The molecule has 0 saturated heterocycles. The first-order valence-corrected chi connectivity index (χ1v) is 6.02. The Hall–Kier alpha value is -2.96. The van der Waals surface area contributed by atoms with Gasteiger partial charge >= 0.3 is 0 Å². The second-order valence-electron chi connectivity index (χ2n) is 4.01. The first-order chi connectivity index (χ1) is 10.1. The summed E-state index contributed by atoms with van der Waals surface area (Å²) in [5.74, 6) is 1.19. The molecule has 108 valence electrons. The van der Waals surface area contributed by atoms with Gasteiger partial charge in [-0.2, -0.15) is 5.11 Å². The molecule has 0 spiro atoms. The van der Waals surface area contributed by atoms with Gasteiger partial charge in [0.15, 0.2) is 0 Å². The SMILES string of the molecule is COc1ccc(OC)c(/N=N/c2ccc([N+](=O)[O-])cc2)c1. The van der Waals surface area contributed by atoms with Crippen LogP contribution in [0.2, 0.25) is 0 Å². The fraction of sp³-hybridized carbons (Fsp3) is 0.143. The van der Waals surface area contributed by atoms with Crippen molar-refractivity contribution in [3.63, 3.8) is 0 Å². The van der Waals surface area contributed by atoms with Gasteiger partial charge in [0.05, 0.1) is 24.8 Å². The molecule has 0 N–H and O–H groups in total. The highest BCUT2D eigenvalue weighted by Crippen LogP contribution is 2.32. The lowest BCUT2D eigenvalue weighted by Crippen LogP contribution is -1.86. The highest BCUT2D eigenvalue weighted by Gasteiger charge is 2.05. The summed E-state index contributed by atoms with van der Waals surface area (Å²) < 4.78 is 10.3. The maximum absolute atomic E-state index is 10.6. The van der Waals surface area contributed by atoms with Crippen LogP contribution >= 0.6 is 0 Å². The smallest absolute Gasteiger partial charge is 0.269 e. The summed E-state index contributed by atoms with van der Waals surface area (Å²) in [5.41, 5.74) is 1.02. The number of azo groups is 1. The fourth-order valence-electron chi connectivity index (χ4n) is 1.63. The third-order valence-electron chi connectivity index (χ3n) is 2.72. The van der Waals surface area contributed by atoms with E-state index in [0.717, 1.165) is 0 Å². The average molecular weight is 287 g/mol. The van der Waals surface area contributed by atoms with Crippen molar-refractivity contribution in [3.8, 4) is 11.5 Å². The molecule has 0 bridgehead atoms. The Morgan fingerprint density at radius 1 is 1.00 bits per heavy atom. The van der Waals surface area contributed by atoms with Crippen LogP contribution in [0.5, 0.6) is 11.5 Å². The molecule has 0 amide bonds. The van der Waals surface area contributed by atoms with Crippen molar-refractivity contribution in [2.24, 2.45) is 10.2 Å². The monoisotopic (exact) mass is 287 g/mol. The van der Waals surface area contributed by atoms with Gasteiger partial charge in [0.25, 0.3) is 5.69 Å². The molecular weight excluding hydrogens is 274 g/mol. The summed E-state index contributed by atoms with van der Waals surface area (Å²) in [6, 6.07) is 11.0. The number of nitro benzene ring substituents is 1. The quantitative estimate of drug-likeness (QED) is 0.472. The molecule has 0 aromatic heterocycles. The van der Waals surface area contributed by atoms with E-state index in [2.05, 4.69) is 10.2 Å². The highest BCUT2D eigenvalue weighted by molar-refractivity contribution is 5.55. The van der Waals surface area contributed by atoms with Gasteiger partial charge in [-0.05, 0) is 24.3 Å². The van der Waals surface area contributed by atoms with Crippen molar-refractivity contribution in [1.82, 2.24) is 0 Å². The number of rotatable bonds is 5. The number of methoxy groups -OCH3 is 2. The van der Waals surface area contributed by atoms with Gasteiger partial charge in [-0.3, -0.25) is 10.1 Å². The summed E-state index contributed by atoms with van der Waals surface area (Å²) in [5, 5.41) is 18.7. The van der Waals surface area contributed by atoms with Gasteiger partial charge in [0.1, 0.15) is 17.2 Å². The van der Waals surface area contributed by atoms with E-state index in [1.54, 1.807) is 25.3 Å². The van der Waals surface area contributed by atoms with Crippen LogP contribution in [0.1, 0.15) is 0 Å². The number of ether oxygens (including phenoxy) is 2. The van der Waals surface area contributed by atoms with Crippen LogP contribution in [0.3, 0.4) is 0 Å². The summed E-state index contributed by atoms with van der Waals surface area (Å²) in [7, 11) is 3.09. The largest absolute Gasteiger partial charge is 0.497 e. The number of hydrogen-bond donors (Lipinski definition) is 0. The zero-order chi connectivity index (χ0) is 15.2. The van der Waals surface area contributed by atoms with Crippen LogP contribution in [0.25, 0.3) is 0 Å². The minimum atomic E-state index is -0.466. The van der Waals surface area contributed by atoms with Crippen molar-refractivity contribution in [1.29, 1.82) is 0 Å². The Kier molecular flexibility index (Phi) is 4.45. The maximum Gasteiger partial charge on any atom is 0.269 e. The van der Waals surface area contributed by atoms with Gasteiger partial charge in [-0.25, -0.2) is 0 Å². The molecule has 0 atom stereocenters. The molecule has 0 saturated carbocycles. The Morgan fingerprint density at radius 2 is 1.71 bits per heavy atom. The maximum atomic E-state index is 10.6. The van der Waals surface area contributed by atoms with Crippen molar-refractivity contribution in [3.05, 3.63) is 52.6 Å². The number of benzene rings is 2. The summed E-state index contributed by atoms with van der Waals surface area (Å²) >= 11 is 0. The van der Waals surface area contributed by atoms with Crippen LogP contribution < -0.4 is 9.47 Å². The second kappa shape index (κ2) is 6.47. The number of nitrogens with zero attached hydrogens (tertiary/aromatic N) is 3. The summed E-state index contributed by atoms with van der Waals surface area (Å²) in [6.45, 7) is 0. The van der Waals surface area contributed by atoms with Gasteiger partial charge < -0.3 is 9.47 Å². The Morgan fingerprint density at radius 3 is 2.29 bits per heavy atom. The molecule has 0 unspecified atom stereocenters. The minimum absolute atomic E-state index is 0.00732. The molecule has 0 aliphatic carbocycles. The predicted molar refractivity (Wildman–Crippen MR) is 76.8 cm³/mol. The molecule has 0 aliphatic heterocycles. The highest BCUT2D eigenvalue weighted by atomic mass is 16.6.